The van der Waals surface area contributed by atoms with Gasteiger partial charge in [-0.2, -0.15) is 0 Å². The van der Waals surface area contributed by atoms with Crippen molar-refractivity contribution in [2.24, 2.45) is 0 Å². The van der Waals surface area contributed by atoms with Crippen molar-refractivity contribution in [2.75, 3.05) is 0 Å². The Morgan fingerprint density at radius 2 is 1.93 bits per heavy atom. The van der Waals surface area contributed by atoms with Crippen LogP contribution in [0.4, 0.5) is 0 Å². The first-order chi connectivity index (χ1) is 13.6. The van der Waals surface area contributed by atoms with Crippen LogP contribution >= 0.6 is 0 Å². The van der Waals surface area contributed by atoms with Crippen LogP contribution in [-0.4, -0.2) is 29.6 Å². The van der Waals surface area contributed by atoms with Gasteiger partial charge in [-0.25, -0.2) is 8.42 Å². The summed E-state index contributed by atoms with van der Waals surface area (Å²) in [4.78, 5) is 25.3. The standard InChI is InChI=1S/C20H14O8S/c1-20-5-4-15(22)12-8-27-19(17(12)20)18(23)11-6-9-10(7-13(11)20)16(3-2-14(9)21)28-29(24,25)26/h2-3,6-8,21H,4-5H2,1H3,(H,24,25,26)/p-1/t20-/m0/s1. The number of aromatic hydroxyl groups is 1. The summed E-state index contributed by atoms with van der Waals surface area (Å²) in [7, 11) is -5.05. The number of furan rings is 1. The minimum Gasteiger partial charge on any atom is -0.716 e. The fourth-order valence-corrected chi connectivity index (χ4v) is 4.83. The van der Waals surface area contributed by atoms with Crippen LogP contribution in [0.3, 0.4) is 0 Å². The summed E-state index contributed by atoms with van der Waals surface area (Å²) in [5.41, 5.74) is 0.978. The Balaban J connectivity index is 1.86. The van der Waals surface area contributed by atoms with Gasteiger partial charge in [0.2, 0.25) is 5.78 Å². The zero-order chi connectivity index (χ0) is 20.7. The number of phenolic OH excluding ortho intramolecular Hbond substituents is 1. The predicted octanol–water partition coefficient (Wildman–Crippen LogP) is 2.80. The van der Waals surface area contributed by atoms with E-state index >= 15 is 0 Å². The molecule has 1 heterocycles. The minimum atomic E-state index is -5.05. The monoisotopic (exact) mass is 413 g/mol. The number of Topliss-reactive ketones (excluding diaryl/α,β-unsaturated/α-hetero) is 1. The number of hydrogen-bond acceptors (Lipinski definition) is 8. The normalized spacial score (nSPS) is 20.5. The molecule has 3 aromatic rings. The van der Waals surface area contributed by atoms with Crippen LogP contribution in [0.5, 0.6) is 11.5 Å². The lowest BCUT2D eigenvalue weighted by molar-refractivity contribution is 0.0958. The van der Waals surface area contributed by atoms with Gasteiger partial charge in [0.15, 0.2) is 11.5 Å². The van der Waals surface area contributed by atoms with E-state index in [2.05, 4.69) is 4.18 Å². The lowest BCUT2D eigenvalue weighted by Gasteiger charge is -2.38. The molecule has 2 aromatic carbocycles. The molecule has 0 unspecified atom stereocenters. The van der Waals surface area contributed by atoms with Crippen LogP contribution in [-0.2, 0) is 15.8 Å². The number of rotatable bonds is 2. The quantitative estimate of drug-likeness (QED) is 0.501. The van der Waals surface area contributed by atoms with Crippen molar-refractivity contribution in [3.05, 3.63) is 58.5 Å². The van der Waals surface area contributed by atoms with Crippen molar-refractivity contribution in [1.82, 2.24) is 0 Å². The maximum Gasteiger partial charge on any atom is 0.262 e. The zero-order valence-electron chi connectivity index (χ0n) is 15.0. The Bertz CT molecular complexity index is 1360. The number of benzene rings is 2. The maximum absolute atomic E-state index is 13.1. The first-order valence-corrected chi connectivity index (χ1v) is 10.1. The molecular formula is C20H13O8S-. The molecule has 0 amide bonds. The van der Waals surface area contributed by atoms with E-state index in [1.54, 1.807) is 0 Å². The number of fused-ring (bicyclic) bond motifs is 3. The van der Waals surface area contributed by atoms with Gasteiger partial charge >= 0.3 is 0 Å². The Labute approximate surface area is 164 Å². The molecule has 0 saturated heterocycles. The molecule has 5 rings (SSSR count). The van der Waals surface area contributed by atoms with E-state index in [4.69, 9.17) is 4.42 Å². The van der Waals surface area contributed by atoms with E-state index in [0.717, 1.165) is 0 Å². The van der Waals surface area contributed by atoms with Crippen LogP contribution < -0.4 is 4.18 Å². The van der Waals surface area contributed by atoms with E-state index < -0.39 is 21.6 Å². The summed E-state index contributed by atoms with van der Waals surface area (Å²) in [5, 5.41) is 10.6. The molecule has 0 bridgehead atoms. The number of ketones is 2. The molecular weight excluding hydrogens is 400 g/mol. The molecule has 0 saturated carbocycles. The Morgan fingerprint density at radius 3 is 2.66 bits per heavy atom. The van der Waals surface area contributed by atoms with Crippen molar-refractivity contribution >= 4 is 32.7 Å². The third-order valence-electron chi connectivity index (χ3n) is 5.82. The van der Waals surface area contributed by atoms with Gasteiger partial charge in [-0.1, -0.05) is 6.92 Å². The molecule has 0 fully saturated rings. The van der Waals surface area contributed by atoms with Crippen molar-refractivity contribution in [3.63, 3.8) is 0 Å². The topological polar surface area (TPSA) is 134 Å². The van der Waals surface area contributed by atoms with Crippen molar-refractivity contribution < 1.29 is 36.3 Å². The average Bonchev–Trinajstić information content (AvgIpc) is 3.11. The van der Waals surface area contributed by atoms with Gasteiger partial charge in [0.25, 0.3) is 10.4 Å². The Kier molecular flexibility index (Phi) is 3.37. The highest BCUT2D eigenvalue weighted by atomic mass is 32.3. The number of carbonyl (C=O) groups excluding carboxylic acids is 2. The van der Waals surface area contributed by atoms with E-state index in [9.17, 15) is 27.7 Å². The zero-order valence-corrected chi connectivity index (χ0v) is 15.8. The second-order valence-electron chi connectivity index (χ2n) is 7.46. The minimum absolute atomic E-state index is 0.0939. The third kappa shape index (κ3) is 2.37. The van der Waals surface area contributed by atoms with Gasteiger partial charge in [-0.05, 0) is 36.2 Å². The summed E-state index contributed by atoms with van der Waals surface area (Å²) in [6.07, 6.45) is 1.97. The summed E-state index contributed by atoms with van der Waals surface area (Å²) in [5.74, 6) is -0.907. The Hall–Kier alpha value is -3.17. The van der Waals surface area contributed by atoms with E-state index in [0.29, 0.717) is 23.1 Å². The van der Waals surface area contributed by atoms with Crippen LogP contribution in [0.25, 0.3) is 10.8 Å². The highest BCUT2D eigenvalue weighted by Gasteiger charge is 2.48. The Morgan fingerprint density at radius 1 is 1.17 bits per heavy atom. The average molecular weight is 413 g/mol. The van der Waals surface area contributed by atoms with Gasteiger partial charge in [0.05, 0.1) is 5.56 Å². The fourth-order valence-electron chi connectivity index (χ4n) is 4.47. The molecule has 2 aliphatic carbocycles. The largest absolute Gasteiger partial charge is 0.716 e. The second-order valence-corrected chi connectivity index (χ2v) is 8.44. The molecule has 1 aromatic heterocycles. The highest BCUT2D eigenvalue weighted by Crippen LogP contribution is 2.51. The molecule has 0 spiro atoms. The molecule has 0 radical (unpaired) electrons. The third-order valence-corrected chi connectivity index (χ3v) is 6.21. The fraction of sp³-hybridized carbons (Fsp3) is 0.200. The lowest BCUT2D eigenvalue weighted by Crippen LogP contribution is -2.37. The number of phenols is 1. The van der Waals surface area contributed by atoms with Crippen LogP contribution in [0.2, 0.25) is 0 Å². The molecule has 1 atom stereocenters. The van der Waals surface area contributed by atoms with Crippen molar-refractivity contribution in [3.8, 4) is 11.5 Å². The lowest BCUT2D eigenvalue weighted by atomic mass is 9.62. The van der Waals surface area contributed by atoms with Crippen molar-refractivity contribution in [1.29, 1.82) is 0 Å². The van der Waals surface area contributed by atoms with Gasteiger partial charge in [0, 0.05) is 33.7 Å². The predicted molar refractivity (Wildman–Crippen MR) is 98.1 cm³/mol. The van der Waals surface area contributed by atoms with Gasteiger partial charge in [-0.15, -0.1) is 0 Å². The number of carbonyl (C=O) groups is 2. The summed E-state index contributed by atoms with van der Waals surface area (Å²) < 4.78 is 43.4. The summed E-state index contributed by atoms with van der Waals surface area (Å²) >= 11 is 0. The van der Waals surface area contributed by atoms with Crippen LogP contribution in [0.1, 0.15) is 57.4 Å². The smallest absolute Gasteiger partial charge is 0.262 e. The van der Waals surface area contributed by atoms with E-state index in [1.165, 1.54) is 30.5 Å². The highest BCUT2D eigenvalue weighted by molar-refractivity contribution is 7.81. The van der Waals surface area contributed by atoms with Crippen LogP contribution in [0.15, 0.2) is 34.9 Å². The molecule has 148 valence electrons. The summed E-state index contributed by atoms with van der Waals surface area (Å²) in [6.45, 7) is 1.88. The molecule has 2 aliphatic rings. The molecule has 1 N–H and O–H groups in total. The molecule has 8 nitrogen and oxygen atoms in total. The maximum atomic E-state index is 13.1. The molecule has 29 heavy (non-hydrogen) atoms. The number of hydrogen-bond donors (Lipinski definition) is 1. The van der Waals surface area contributed by atoms with Gasteiger partial charge in [0.1, 0.15) is 17.8 Å². The second kappa shape index (κ2) is 5.46. The van der Waals surface area contributed by atoms with Crippen molar-refractivity contribution in [2.45, 2.75) is 25.2 Å². The van der Waals surface area contributed by atoms with E-state index in [1.807, 2.05) is 6.92 Å². The first kappa shape index (κ1) is 17.9. The molecule has 0 aliphatic heterocycles. The van der Waals surface area contributed by atoms with E-state index in [-0.39, 0.29) is 45.8 Å². The van der Waals surface area contributed by atoms with Gasteiger partial charge in [-0.3, -0.25) is 9.59 Å². The summed E-state index contributed by atoms with van der Waals surface area (Å²) in [6, 6.07) is 5.32. The first-order valence-electron chi connectivity index (χ1n) is 8.75. The van der Waals surface area contributed by atoms with Gasteiger partial charge < -0.3 is 18.3 Å². The SMILES string of the molecule is C[C@@]12CCC(=O)c3coc(c31)C(=O)c1cc3c(O)ccc(OS(=O)(=O)[O-])c3cc12. The van der Waals surface area contributed by atoms with Crippen LogP contribution in [0, 0.1) is 0 Å². The molecule has 9 heteroatoms.